The van der Waals surface area contributed by atoms with Crippen LogP contribution in [0.25, 0.3) is 11.0 Å². The van der Waals surface area contributed by atoms with Crippen molar-refractivity contribution >= 4 is 16.9 Å². The number of furan rings is 1. The average molecular weight is 260 g/mol. The van der Waals surface area contributed by atoms with E-state index in [4.69, 9.17) is 14.3 Å². The van der Waals surface area contributed by atoms with Crippen molar-refractivity contribution in [3.63, 3.8) is 0 Å². The minimum absolute atomic E-state index is 0.0137. The number of aliphatic carboxylic acids is 1. The number of fused-ring (bicyclic) bond motifs is 1. The first kappa shape index (κ1) is 12.2. The van der Waals surface area contributed by atoms with Crippen LogP contribution in [-0.2, 0) is 14.9 Å². The molecule has 0 amide bonds. The molecule has 1 atom stereocenters. The number of para-hydroxylation sites is 1. The van der Waals surface area contributed by atoms with Crippen molar-refractivity contribution in [1.82, 2.24) is 0 Å². The van der Waals surface area contributed by atoms with Gasteiger partial charge in [-0.15, -0.1) is 0 Å². The van der Waals surface area contributed by atoms with Gasteiger partial charge in [-0.2, -0.15) is 0 Å². The fraction of sp³-hybridized carbons (Fsp3) is 0.400. The van der Waals surface area contributed by atoms with Crippen LogP contribution in [0.1, 0.15) is 18.9 Å². The lowest BCUT2D eigenvalue weighted by Crippen LogP contribution is -2.52. The number of benzene rings is 1. The molecule has 4 heteroatoms. The van der Waals surface area contributed by atoms with E-state index in [0.717, 1.165) is 16.5 Å². The maximum Gasteiger partial charge on any atom is 0.303 e. The summed E-state index contributed by atoms with van der Waals surface area (Å²) in [4.78, 5) is 11.0. The Bertz CT molecular complexity index is 609. The molecule has 1 unspecified atom stereocenters. The van der Waals surface area contributed by atoms with E-state index in [-0.39, 0.29) is 17.8 Å². The molecule has 1 N–H and O–H groups in total. The van der Waals surface area contributed by atoms with Gasteiger partial charge < -0.3 is 14.3 Å². The van der Waals surface area contributed by atoms with Crippen molar-refractivity contribution in [3.8, 4) is 0 Å². The first-order chi connectivity index (χ1) is 9.13. The van der Waals surface area contributed by atoms with Gasteiger partial charge >= 0.3 is 5.97 Å². The van der Waals surface area contributed by atoms with Gasteiger partial charge in [0.15, 0.2) is 0 Å². The molecule has 19 heavy (non-hydrogen) atoms. The van der Waals surface area contributed by atoms with Crippen LogP contribution >= 0.6 is 0 Å². The normalized spacial score (nSPS) is 19.0. The maximum atomic E-state index is 11.0. The largest absolute Gasteiger partial charge is 0.481 e. The number of ether oxygens (including phenoxy) is 1. The number of carbonyl (C=O) groups is 1. The first-order valence-electron chi connectivity index (χ1n) is 6.40. The third-order valence-electron chi connectivity index (χ3n) is 4.16. The van der Waals surface area contributed by atoms with Gasteiger partial charge in [0.05, 0.1) is 19.5 Å². The minimum Gasteiger partial charge on any atom is -0.481 e. The Balaban J connectivity index is 2.04. The topological polar surface area (TPSA) is 59.7 Å². The summed E-state index contributed by atoms with van der Waals surface area (Å²) in [6, 6.07) is 7.84. The van der Waals surface area contributed by atoms with Crippen LogP contribution in [0.4, 0.5) is 0 Å². The van der Waals surface area contributed by atoms with Crippen LogP contribution in [0.15, 0.2) is 34.9 Å². The second-order valence-electron chi connectivity index (χ2n) is 5.29. The Hall–Kier alpha value is -1.81. The van der Waals surface area contributed by atoms with Gasteiger partial charge in [-0.05, 0) is 12.0 Å². The molecule has 0 bridgehead atoms. The zero-order chi connectivity index (χ0) is 13.5. The van der Waals surface area contributed by atoms with Gasteiger partial charge in [-0.1, -0.05) is 25.1 Å². The van der Waals surface area contributed by atoms with Gasteiger partial charge in [0.25, 0.3) is 0 Å². The van der Waals surface area contributed by atoms with Crippen molar-refractivity contribution in [3.05, 3.63) is 36.1 Å². The Morgan fingerprint density at radius 1 is 1.42 bits per heavy atom. The minimum atomic E-state index is -0.772. The number of carboxylic acid groups (broad SMARTS) is 1. The SMILES string of the molecule is CC(CC(=O)O)C1(c2coc3ccccc23)COC1. The number of rotatable bonds is 4. The summed E-state index contributed by atoms with van der Waals surface area (Å²) in [5, 5.41) is 10.1. The number of hydrogen-bond acceptors (Lipinski definition) is 3. The van der Waals surface area contributed by atoms with Crippen molar-refractivity contribution in [2.24, 2.45) is 5.92 Å². The zero-order valence-corrected chi connectivity index (χ0v) is 10.8. The van der Waals surface area contributed by atoms with E-state index in [2.05, 4.69) is 0 Å². The number of carboxylic acids is 1. The monoisotopic (exact) mass is 260 g/mol. The van der Waals surface area contributed by atoms with E-state index in [0.29, 0.717) is 13.2 Å². The summed E-state index contributed by atoms with van der Waals surface area (Å²) in [5.41, 5.74) is 1.68. The molecule has 100 valence electrons. The third kappa shape index (κ3) is 1.83. The predicted octanol–water partition coefficient (Wildman–Crippen LogP) is 2.81. The van der Waals surface area contributed by atoms with Crippen molar-refractivity contribution in [2.45, 2.75) is 18.8 Å². The van der Waals surface area contributed by atoms with E-state index in [1.807, 2.05) is 31.2 Å². The van der Waals surface area contributed by atoms with Crippen molar-refractivity contribution in [2.75, 3.05) is 13.2 Å². The van der Waals surface area contributed by atoms with Crippen LogP contribution in [0.2, 0.25) is 0 Å². The molecule has 3 rings (SSSR count). The smallest absolute Gasteiger partial charge is 0.303 e. The predicted molar refractivity (Wildman–Crippen MR) is 70.1 cm³/mol. The Kier molecular flexibility index (Phi) is 2.82. The van der Waals surface area contributed by atoms with Crippen molar-refractivity contribution < 1.29 is 19.1 Å². The Morgan fingerprint density at radius 2 is 2.16 bits per heavy atom. The molecule has 0 saturated carbocycles. The highest BCUT2D eigenvalue weighted by Crippen LogP contribution is 2.44. The molecule has 1 saturated heterocycles. The van der Waals surface area contributed by atoms with Gasteiger partial charge in [-0.3, -0.25) is 4.79 Å². The quantitative estimate of drug-likeness (QED) is 0.918. The van der Waals surface area contributed by atoms with Crippen molar-refractivity contribution in [1.29, 1.82) is 0 Å². The molecule has 1 aliphatic rings. The molecule has 1 aromatic carbocycles. The van der Waals surface area contributed by atoms with E-state index in [1.54, 1.807) is 6.26 Å². The molecule has 1 aliphatic heterocycles. The van der Waals surface area contributed by atoms with Gasteiger partial charge in [-0.25, -0.2) is 0 Å². The molecule has 4 nitrogen and oxygen atoms in total. The molecular formula is C15H16O4. The lowest BCUT2D eigenvalue weighted by atomic mass is 9.68. The first-order valence-corrected chi connectivity index (χ1v) is 6.40. The molecule has 2 heterocycles. The van der Waals surface area contributed by atoms with Gasteiger partial charge in [0.1, 0.15) is 5.58 Å². The maximum absolute atomic E-state index is 11.0. The molecule has 0 spiro atoms. The van der Waals surface area contributed by atoms with Crippen LogP contribution in [0.3, 0.4) is 0 Å². The highest BCUT2D eigenvalue weighted by atomic mass is 16.5. The molecule has 0 radical (unpaired) electrons. The zero-order valence-electron chi connectivity index (χ0n) is 10.8. The fourth-order valence-corrected chi connectivity index (χ4v) is 2.85. The fourth-order valence-electron chi connectivity index (χ4n) is 2.85. The summed E-state index contributed by atoms with van der Waals surface area (Å²) in [7, 11) is 0. The van der Waals surface area contributed by atoms with Crippen LogP contribution in [0.5, 0.6) is 0 Å². The second kappa shape index (κ2) is 4.38. The third-order valence-corrected chi connectivity index (χ3v) is 4.16. The molecular weight excluding hydrogens is 244 g/mol. The highest BCUT2D eigenvalue weighted by molar-refractivity contribution is 5.82. The van der Waals surface area contributed by atoms with Gasteiger partial charge in [0.2, 0.25) is 0 Å². The standard InChI is InChI=1S/C15H16O4/c1-10(6-14(16)17)15(8-18-9-15)12-7-19-13-5-3-2-4-11(12)13/h2-5,7,10H,6,8-9H2,1H3,(H,16,17). The molecule has 1 aromatic heterocycles. The summed E-state index contributed by atoms with van der Waals surface area (Å²) in [6.45, 7) is 3.09. The van der Waals surface area contributed by atoms with Crippen LogP contribution in [0, 0.1) is 5.92 Å². The van der Waals surface area contributed by atoms with Gasteiger partial charge in [0, 0.05) is 22.8 Å². The van der Waals surface area contributed by atoms with Crippen LogP contribution < -0.4 is 0 Å². The van der Waals surface area contributed by atoms with E-state index < -0.39 is 5.97 Å². The molecule has 2 aromatic rings. The Labute approximate surface area is 111 Å². The summed E-state index contributed by atoms with van der Waals surface area (Å²) >= 11 is 0. The summed E-state index contributed by atoms with van der Waals surface area (Å²) < 4.78 is 11.0. The van der Waals surface area contributed by atoms with Crippen LogP contribution in [-0.4, -0.2) is 24.3 Å². The molecule has 0 aliphatic carbocycles. The number of hydrogen-bond donors (Lipinski definition) is 1. The second-order valence-corrected chi connectivity index (χ2v) is 5.29. The molecule has 1 fully saturated rings. The van der Waals surface area contributed by atoms with E-state index in [9.17, 15) is 4.79 Å². The Morgan fingerprint density at radius 3 is 2.79 bits per heavy atom. The summed E-state index contributed by atoms with van der Waals surface area (Å²) in [5.74, 6) is -0.758. The lowest BCUT2D eigenvalue weighted by Gasteiger charge is -2.45. The summed E-state index contributed by atoms with van der Waals surface area (Å²) in [6.07, 6.45) is 1.90. The lowest BCUT2D eigenvalue weighted by molar-refractivity contribution is -0.142. The van der Waals surface area contributed by atoms with E-state index in [1.165, 1.54) is 0 Å². The average Bonchev–Trinajstić information content (AvgIpc) is 2.71. The highest BCUT2D eigenvalue weighted by Gasteiger charge is 2.47. The van der Waals surface area contributed by atoms with E-state index >= 15 is 0 Å².